The largest absolute Gasteiger partial charge is 0.496 e. The van der Waals surface area contributed by atoms with Crippen molar-refractivity contribution >= 4 is 25.4 Å². The van der Waals surface area contributed by atoms with Crippen molar-refractivity contribution in [3.63, 3.8) is 0 Å². The van der Waals surface area contributed by atoms with Crippen LogP contribution in [0.2, 0.25) is 0 Å². The molecular weight excluding hydrogens is 296 g/mol. The van der Waals surface area contributed by atoms with E-state index in [4.69, 9.17) is 10.7 Å². The maximum absolute atomic E-state index is 12.7. The van der Waals surface area contributed by atoms with Gasteiger partial charge in [-0.25, -0.2) is 17.2 Å². The molecule has 10 heteroatoms. The lowest BCUT2D eigenvalue weighted by Gasteiger charge is -2.09. The fourth-order valence-electron chi connectivity index (χ4n) is 1.28. The van der Waals surface area contributed by atoms with E-state index in [0.29, 0.717) is 12.1 Å². The van der Waals surface area contributed by atoms with Crippen molar-refractivity contribution in [2.75, 3.05) is 7.11 Å². The molecule has 6 nitrogen and oxygen atoms in total. The van der Waals surface area contributed by atoms with Crippen LogP contribution < -0.4 is 4.74 Å². The van der Waals surface area contributed by atoms with E-state index >= 15 is 0 Å². The van der Waals surface area contributed by atoms with Crippen molar-refractivity contribution in [3.05, 3.63) is 27.8 Å². The molecule has 0 aliphatic carbocycles. The summed E-state index contributed by atoms with van der Waals surface area (Å²) >= 11 is 0. The average Bonchev–Trinajstić information content (AvgIpc) is 2.25. The van der Waals surface area contributed by atoms with Crippen molar-refractivity contribution in [1.29, 1.82) is 0 Å². The minimum absolute atomic E-state index is 0.259. The van der Waals surface area contributed by atoms with E-state index in [9.17, 15) is 27.3 Å². The van der Waals surface area contributed by atoms with Crippen LogP contribution in [0, 0.1) is 10.1 Å². The zero-order valence-electron chi connectivity index (χ0n) is 8.76. The van der Waals surface area contributed by atoms with Gasteiger partial charge in [-0.1, -0.05) is 0 Å². The van der Waals surface area contributed by atoms with Crippen LogP contribution in [-0.2, 0) is 9.05 Å². The third-order valence-electron chi connectivity index (χ3n) is 2.01. The van der Waals surface area contributed by atoms with Crippen molar-refractivity contribution in [3.8, 4) is 5.75 Å². The summed E-state index contributed by atoms with van der Waals surface area (Å²) in [6, 6.07) is 1.41. The van der Waals surface area contributed by atoms with Gasteiger partial charge in [-0.3, -0.25) is 10.1 Å². The minimum atomic E-state index is -4.56. The molecule has 0 N–H and O–H groups in total. The molecule has 18 heavy (non-hydrogen) atoms. The second kappa shape index (κ2) is 5.02. The standard InChI is InChI=1S/C8H6ClF2NO5S/c1-17-4-2-5(12(13)14)7(8(10)11)6(3-4)18(9,15)16/h2-3,8H,1H3. The zero-order valence-corrected chi connectivity index (χ0v) is 10.3. The van der Waals surface area contributed by atoms with Gasteiger partial charge in [0.2, 0.25) is 0 Å². The molecule has 0 aliphatic rings. The van der Waals surface area contributed by atoms with Crippen LogP contribution in [0.1, 0.15) is 12.0 Å². The molecule has 0 aliphatic heterocycles. The molecular formula is C8H6ClF2NO5S. The van der Waals surface area contributed by atoms with Gasteiger partial charge in [0.1, 0.15) is 16.2 Å². The van der Waals surface area contributed by atoms with Gasteiger partial charge in [-0.05, 0) is 0 Å². The number of hydrogen-bond donors (Lipinski definition) is 0. The Morgan fingerprint density at radius 1 is 1.44 bits per heavy atom. The second-order valence-corrected chi connectivity index (χ2v) is 5.59. The summed E-state index contributed by atoms with van der Waals surface area (Å²) in [4.78, 5) is 8.49. The smallest absolute Gasteiger partial charge is 0.283 e. The lowest BCUT2D eigenvalue weighted by molar-refractivity contribution is -0.386. The SMILES string of the molecule is COc1cc([N+](=O)[O-])c(C(F)F)c(S(=O)(=O)Cl)c1. The van der Waals surface area contributed by atoms with Gasteiger partial charge in [-0.15, -0.1) is 0 Å². The summed E-state index contributed by atoms with van der Waals surface area (Å²) in [5.41, 5.74) is -2.32. The molecule has 100 valence electrons. The fourth-order valence-corrected chi connectivity index (χ4v) is 2.37. The highest BCUT2D eigenvalue weighted by molar-refractivity contribution is 8.13. The molecule has 0 radical (unpaired) electrons. The van der Waals surface area contributed by atoms with E-state index in [2.05, 4.69) is 4.74 Å². The Hall–Kier alpha value is -1.48. The van der Waals surface area contributed by atoms with Gasteiger partial charge in [-0.2, -0.15) is 0 Å². The lowest BCUT2D eigenvalue weighted by atomic mass is 10.1. The molecule has 0 saturated carbocycles. The van der Waals surface area contributed by atoms with Crippen LogP contribution >= 0.6 is 10.7 Å². The number of rotatable bonds is 4. The monoisotopic (exact) mass is 301 g/mol. The van der Waals surface area contributed by atoms with Gasteiger partial charge in [0.25, 0.3) is 21.2 Å². The summed E-state index contributed by atoms with van der Waals surface area (Å²) in [7, 11) is 1.52. The maximum atomic E-state index is 12.7. The zero-order chi connectivity index (χ0) is 14.1. The third-order valence-corrected chi connectivity index (χ3v) is 3.37. The number of methoxy groups -OCH3 is 1. The van der Waals surface area contributed by atoms with Gasteiger partial charge >= 0.3 is 0 Å². The molecule has 1 rings (SSSR count). The summed E-state index contributed by atoms with van der Waals surface area (Å²) < 4.78 is 52.4. The molecule has 0 bridgehead atoms. The molecule has 1 aromatic rings. The Morgan fingerprint density at radius 3 is 2.33 bits per heavy atom. The quantitative estimate of drug-likeness (QED) is 0.484. The number of nitro benzene ring substituents is 1. The summed E-state index contributed by atoms with van der Waals surface area (Å²) in [5.74, 6) is -0.259. The van der Waals surface area contributed by atoms with Crippen molar-refractivity contribution in [1.82, 2.24) is 0 Å². The van der Waals surface area contributed by atoms with E-state index in [1.165, 1.54) is 0 Å². The number of ether oxygens (including phenoxy) is 1. The number of alkyl halides is 2. The van der Waals surface area contributed by atoms with E-state index in [-0.39, 0.29) is 5.75 Å². The predicted molar refractivity (Wildman–Crippen MR) is 57.6 cm³/mol. The first kappa shape index (κ1) is 14.6. The van der Waals surface area contributed by atoms with Crippen LogP contribution in [0.3, 0.4) is 0 Å². The first-order valence-corrected chi connectivity index (χ1v) is 6.58. The van der Waals surface area contributed by atoms with E-state index in [0.717, 1.165) is 7.11 Å². The molecule has 1 aromatic carbocycles. The molecule has 0 fully saturated rings. The number of nitrogens with zero attached hydrogens (tertiary/aromatic N) is 1. The van der Waals surface area contributed by atoms with E-state index in [1.807, 2.05) is 0 Å². The highest BCUT2D eigenvalue weighted by Crippen LogP contribution is 2.39. The van der Waals surface area contributed by atoms with Crippen LogP contribution in [0.15, 0.2) is 17.0 Å². The van der Waals surface area contributed by atoms with E-state index in [1.54, 1.807) is 0 Å². The highest BCUT2D eigenvalue weighted by Gasteiger charge is 2.32. The number of hydrogen-bond acceptors (Lipinski definition) is 5. The van der Waals surface area contributed by atoms with Crippen LogP contribution in [0.25, 0.3) is 0 Å². The Morgan fingerprint density at radius 2 is 2.00 bits per heavy atom. The Balaban J connectivity index is 3.77. The second-order valence-electron chi connectivity index (χ2n) is 3.05. The first-order chi connectivity index (χ1) is 8.18. The van der Waals surface area contributed by atoms with Gasteiger partial charge in [0.15, 0.2) is 0 Å². The van der Waals surface area contributed by atoms with Crippen LogP contribution in [0.4, 0.5) is 14.5 Å². The molecule has 0 amide bonds. The molecule has 0 heterocycles. The molecule has 0 atom stereocenters. The normalized spacial score (nSPS) is 11.6. The summed E-state index contributed by atoms with van der Waals surface area (Å²) in [6.07, 6.45) is -3.36. The van der Waals surface area contributed by atoms with Crippen molar-refractivity contribution < 1.29 is 26.9 Å². The third kappa shape index (κ3) is 2.85. The molecule has 0 spiro atoms. The first-order valence-electron chi connectivity index (χ1n) is 4.27. The van der Waals surface area contributed by atoms with Crippen molar-refractivity contribution in [2.24, 2.45) is 0 Å². The van der Waals surface area contributed by atoms with Gasteiger partial charge in [0.05, 0.1) is 18.1 Å². The Kier molecular flexibility index (Phi) is 4.07. The average molecular weight is 302 g/mol. The topological polar surface area (TPSA) is 86.5 Å². The number of nitro groups is 1. The number of halogens is 3. The highest BCUT2D eigenvalue weighted by atomic mass is 35.7. The van der Waals surface area contributed by atoms with Gasteiger partial charge < -0.3 is 4.74 Å². The van der Waals surface area contributed by atoms with Crippen LogP contribution in [0.5, 0.6) is 5.75 Å². The molecule has 0 aromatic heterocycles. The van der Waals surface area contributed by atoms with Crippen LogP contribution in [-0.4, -0.2) is 20.5 Å². The Bertz CT molecular complexity index is 589. The number of benzene rings is 1. The fraction of sp³-hybridized carbons (Fsp3) is 0.250. The molecule has 0 unspecified atom stereocenters. The Labute approximate surface area is 105 Å². The van der Waals surface area contributed by atoms with E-state index < -0.39 is 36.5 Å². The van der Waals surface area contributed by atoms with Gasteiger partial charge in [0, 0.05) is 16.7 Å². The maximum Gasteiger partial charge on any atom is 0.283 e. The summed E-state index contributed by atoms with van der Waals surface area (Å²) in [6.45, 7) is 0. The molecule has 0 saturated heterocycles. The summed E-state index contributed by atoms with van der Waals surface area (Å²) in [5, 5.41) is 10.7. The van der Waals surface area contributed by atoms with Crippen molar-refractivity contribution in [2.45, 2.75) is 11.3 Å². The lowest BCUT2D eigenvalue weighted by Crippen LogP contribution is -2.04. The minimum Gasteiger partial charge on any atom is -0.496 e. The predicted octanol–water partition coefficient (Wildman–Crippen LogP) is 2.47.